The molecule has 2 aliphatic rings. The zero-order valence-corrected chi connectivity index (χ0v) is 20.6. The van der Waals surface area contributed by atoms with Crippen LogP contribution in [-0.4, -0.2) is 33.2 Å². The van der Waals surface area contributed by atoms with Gasteiger partial charge in [0, 0.05) is 16.9 Å². The van der Waals surface area contributed by atoms with E-state index in [0.29, 0.717) is 28.8 Å². The highest BCUT2D eigenvalue weighted by Crippen LogP contribution is 2.46. The Morgan fingerprint density at radius 1 is 1.00 bits per heavy atom. The predicted molar refractivity (Wildman–Crippen MR) is 133 cm³/mol. The van der Waals surface area contributed by atoms with Crippen LogP contribution in [0.1, 0.15) is 66.0 Å². The predicted octanol–water partition coefficient (Wildman–Crippen LogP) is 4.94. The van der Waals surface area contributed by atoms with E-state index in [1.807, 2.05) is 38.1 Å². The van der Waals surface area contributed by atoms with E-state index < -0.39 is 6.04 Å². The zero-order chi connectivity index (χ0) is 24.5. The summed E-state index contributed by atoms with van der Waals surface area (Å²) >= 11 is 0. The Morgan fingerprint density at radius 2 is 1.66 bits per heavy atom. The third-order valence-electron chi connectivity index (χ3n) is 7.91. The van der Waals surface area contributed by atoms with Gasteiger partial charge in [-0.15, -0.1) is 0 Å². The first-order valence-electron chi connectivity index (χ1n) is 12.6. The van der Waals surface area contributed by atoms with Gasteiger partial charge in [0.05, 0.1) is 11.4 Å². The minimum atomic E-state index is -0.606. The summed E-state index contributed by atoms with van der Waals surface area (Å²) in [5, 5.41) is 17.3. The summed E-state index contributed by atoms with van der Waals surface area (Å²) in [6, 6.07) is 7.19. The third-order valence-corrected chi connectivity index (χ3v) is 7.91. The van der Waals surface area contributed by atoms with Gasteiger partial charge in [0.25, 0.3) is 5.91 Å². The number of aryl methyl sites for hydroxylation is 3. The summed E-state index contributed by atoms with van der Waals surface area (Å²) in [4.78, 5) is 26.8. The Labute approximate surface area is 205 Å². The summed E-state index contributed by atoms with van der Waals surface area (Å²) in [6.45, 7) is 5.70. The van der Waals surface area contributed by atoms with Crippen molar-refractivity contribution < 1.29 is 14.1 Å². The molecule has 35 heavy (non-hydrogen) atoms. The molecule has 3 aromatic rings. The fourth-order valence-electron chi connectivity index (χ4n) is 5.56. The van der Waals surface area contributed by atoms with Gasteiger partial charge in [-0.05, 0) is 56.2 Å². The molecule has 1 aromatic carbocycles. The number of hydrogen-bond acceptors (Lipinski definition) is 5. The zero-order valence-electron chi connectivity index (χ0n) is 20.6. The first kappa shape index (κ1) is 23.3. The van der Waals surface area contributed by atoms with E-state index in [2.05, 4.69) is 26.0 Å². The lowest BCUT2D eigenvalue weighted by Crippen LogP contribution is -2.54. The number of carbonyl (C=O) groups excluding carboxylic acids is 2. The number of H-pyrrole nitrogens is 1. The van der Waals surface area contributed by atoms with E-state index in [1.165, 1.54) is 19.1 Å². The molecule has 1 atom stereocenters. The molecule has 8 nitrogen and oxygen atoms in total. The Morgan fingerprint density at radius 3 is 2.14 bits per heavy atom. The maximum Gasteiger partial charge on any atom is 0.257 e. The van der Waals surface area contributed by atoms with E-state index in [-0.39, 0.29) is 17.7 Å². The fourth-order valence-corrected chi connectivity index (χ4v) is 5.56. The van der Waals surface area contributed by atoms with Crippen LogP contribution in [0.15, 0.2) is 35.1 Å². The van der Waals surface area contributed by atoms with Crippen molar-refractivity contribution in [1.29, 1.82) is 0 Å². The normalized spacial score (nSPS) is 17.0. The SMILES string of the molecule is Cc1nocc1C(=O)N[C@H](C(=O)Nc1ccc(-c2c(C)n[nH]c2C)cc1)C(C1CCC1)C1CCC1. The van der Waals surface area contributed by atoms with Crippen molar-refractivity contribution in [2.75, 3.05) is 5.32 Å². The average Bonchev–Trinajstić information content (AvgIpc) is 3.34. The first-order chi connectivity index (χ1) is 16.9. The molecular formula is C27H33N5O3. The van der Waals surface area contributed by atoms with Crippen LogP contribution in [0, 0.1) is 38.5 Å². The van der Waals surface area contributed by atoms with Gasteiger partial charge in [0.1, 0.15) is 17.9 Å². The van der Waals surface area contributed by atoms with Crippen LogP contribution in [0.2, 0.25) is 0 Å². The van der Waals surface area contributed by atoms with Crippen LogP contribution in [0.3, 0.4) is 0 Å². The maximum absolute atomic E-state index is 13.7. The number of carbonyl (C=O) groups is 2. The summed E-state index contributed by atoms with van der Waals surface area (Å²) in [6.07, 6.45) is 8.19. The molecule has 3 N–H and O–H groups in total. The molecule has 0 saturated heterocycles. The van der Waals surface area contributed by atoms with Gasteiger partial charge in [-0.3, -0.25) is 14.7 Å². The second kappa shape index (κ2) is 9.68. The van der Waals surface area contributed by atoms with E-state index in [1.54, 1.807) is 6.92 Å². The van der Waals surface area contributed by atoms with Crippen molar-refractivity contribution in [3.8, 4) is 11.1 Å². The van der Waals surface area contributed by atoms with Crippen LogP contribution in [-0.2, 0) is 4.79 Å². The maximum atomic E-state index is 13.7. The smallest absolute Gasteiger partial charge is 0.257 e. The molecule has 0 bridgehead atoms. The van der Waals surface area contributed by atoms with Crippen molar-refractivity contribution in [1.82, 2.24) is 20.7 Å². The molecule has 2 amide bonds. The monoisotopic (exact) mass is 475 g/mol. The van der Waals surface area contributed by atoms with Gasteiger partial charge < -0.3 is 15.2 Å². The van der Waals surface area contributed by atoms with Crippen LogP contribution >= 0.6 is 0 Å². The number of aromatic amines is 1. The van der Waals surface area contributed by atoms with Crippen molar-refractivity contribution in [2.45, 2.75) is 65.3 Å². The van der Waals surface area contributed by atoms with Crippen molar-refractivity contribution >= 4 is 17.5 Å². The van der Waals surface area contributed by atoms with Gasteiger partial charge in [0.15, 0.2) is 0 Å². The molecule has 2 fully saturated rings. The number of nitrogens with zero attached hydrogens (tertiary/aromatic N) is 2. The topological polar surface area (TPSA) is 113 Å². The summed E-state index contributed by atoms with van der Waals surface area (Å²) in [5.74, 6) is 0.592. The van der Waals surface area contributed by atoms with Gasteiger partial charge in [0.2, 0.25) is 5.91 Å². The number of anilines is 1. The molecule has 2 aromatic heterocycles. The van der Waals surface area contributed by atoms with E-state index in [9.17, 15) is 9.59 Å². The molecule has 0 unspecified atom stereocenters. The second-order valence-electron chi connectivity index (χ2n) is 10.1. The Bertz CT molecular complexity index is 1170. The van der Waals surface area contributed by atoms with Crippen LogP contribution < -0.4 is 10.6 Å². The van der Waals surface area contributed by atoms with Crippen LogP contribution in [0.25, 0.3) is 11.1 Å². The molecule has 8 heteroatoms. The first-order valence-corrected chi connectivity index (χ1v) is 12.6. The largest absolute Gasteiger partial charge is 0.364 e. The second-order valence-corrected chi connectivity index (χ2v) is 10.1. The Kier molecular flexibility index (Phi) is 6.45. The number of hydrogen-bond donors (Lipinski definition) is 3. The number of aromatic nitrogens is 3. The molecule has 0 aliphatic heterocycles. The standard InChI is InChI=1S/C27H33N5O3/c1-15-22(14-35-32-15)26(33)29-25(24(18-6-4-7-18)19-8-5-9-19)27(34)28-21-12-10-20(11-13-21)23-16(2)30-31-17(23)3/h10-14,18-19,24-25H,4-9H2,1-3H3,(H,28,34)(H,29,33)(H,30,31)/t25-/m0/s1. The molecule has 0 radical (unpaired) electrons. The molecular weight excluding hydrogens is 442 g/mol. The minimum absolute atomic E-state index is 0.136. The number of amides is 2. The number of benzene rings is 1. The molecule has 2 aliphatic carbocycles. The molecule has 0 spiro atoms. The molecule has 5 rings (SSSR count). The van der Waals surface area contributed by atoms with Gasteiger partial charge >= 0.3 is 0 Å². The highest BCUT2D eigenvalue weighted by atomic mass is 16.5. The lowest BCUT2D eigenvalue weighted by atomic mass is 9.62. The quantitative estimate of drug-likeness (QED) is 0.427. The molecule has 2 saturated carbocycles. The van der Waals surface area contributed by atoms with Gasteiger partial charge in [-0.2, -0.15) is 5.10 Å². The third kappa shape index (κ3) is 4.61. The average molecular weight is 476 g/mol. The van der Waals surface area contributed by atoms with Crippen LogP contribution in [0.4, 0.5) is 5.69 Å². The van der Waals surface area contributed by atoms with E-state index in [4.69, 9.17) is 4.52 Å². The molecule has 2 heterocycles. The van der Waals surface area contributed by atoms with E-state index in [0.717, 1.165) is 48.2 Å². The lowest BCUT2D eigenvalue weighted by Gasteiger charge is -2.46. The molecule has 184 valence electrons. The fraction of sp³-hybridized carbons (Fsp3) is 0.481. The highest BCUT2D eigenvalue weighted by Gasteiger charge is 2.44. The van der Waals surface area contributed by atoms with E-state index >= 15 is 0 Å². The van der Waals surface area contributed by atoms with Crippen molar-refractivity contribution in [2.24, 2.45) is 17.8 Å². The van der Waals surface area contributed by atoms with Gasteiger partial charge in [-0.25, -0.2) is 0 Å². The summed E-state index contributed by atoms with van der Waals surface area (Å²) < 4.78 is 4.96. The number of nitrogens with one attached hydrogen (secondary N) is 3. The Hall–Kier alpha value is -3.42. The summed E-state index contributed by atoms with van der Waals surface area (Å²) in [5.41, 5.74) is 5.67. The van der Waals surface area contributed by atoms with Crippen molar-refractivity contribution in [3.05, 3.63) is 53.2 Å². The van der Waals surface area contributed by atoms with Gasteiger partial charge in [-0.1, -0.05) is 55.8 Å². The van der Waals surface area contributed by atoms with Crippen LogP contribution in [0.5, 0.6) is 0 Å². The summed E-state index contributed by atoms with van der Waals surface area (Å²) in [7, 11) is 0. The highest BCUT2D eigenvalue weighted by molar-refractivity contribution is 6.01. The minimum Gasteiger partial charge on any atom is -0.364 e. The Balaban J connectivity index is 1.38. The lowest BCUT2D eigenvalue weighted by molar-refractivity contribution is -0.121. The van der Waals surface area contributed by atoms with Crippen molar-refractivity contribution in [3.63, 3.8) is 0 Å². The number of rotatable bonds is 8.